The second-order valence-electron chi connectivity index (χ2n) is 6.96. The smallest absolute Gasteiger partial charge is 0.252 e. The molecule has 0 saturated carbocycles. The summed E-state index contributed by atoms with van der Waals surface area (Å²) >= 11 is 0. The summed E-state index contributed by atoms with van der Waals surface area (Å²) in [6.45, 7) is 4.96. The highest BCUT2D eigenvalue weighted by Crippen LogP contribution is 2.25. The maximum Gasteiger partial charge on any atom is 0.252 e. The summed E-state index contributed by atoms with van der Waals surface area (Å²) in [5.41, 5.74) is 7.16. The van der Waals surface area contributed by atoms with Crippen molar-refractivity contribution in [1.82, 2.24) is 4.90 Å². The van der Waals surface area contributed by atoms with Gasteiger partial charge in [-0.05, 0) is 49.2 Å². The van der Waals surface area contributed by atoms with Crippen molar-refractivity contribution in [2.24, 2.45) is 5.73 Å². The second-order valence-corrected chi connectivity index (χ2v) is 6.96. The van der Waals surface area contributed by atoms with Gasteiger partial charge in [-0.25, -0.2) is 0 Å². The Labute approximate surface area is 184 Å². The van der Waals surface area contributed by atoms with Crippen molar-refractivity contribution in [3.05, 3.63) is 59.7 Å². The average Bonchev–Trinajstić information content (AvgIpc) is 2.69. The van der Waals surface area contributed by atoms with E-state index in [0.717, 1.165) is 39.1 Å². The van der Waals surface area contributed by atoms with Crippen LogP contribution < -0.4 is 10.6 Å². The number of anilines is 1. The Morgan fingerprint density at radius 2 is 1.69 bits per heavy atom. The molecule has 8 heteroatoms. The van der Waals surface area contributed by atoms with E-state index in [2.05, 4.69) is 34.1 Å². The maximum atomic E-state index is 11.3. The molecule has 2 aromatic carbocycles. The minimum absolute atomic E-state index is 0. The van der Waals surface area contributed by atoms with Gasteiger partial charge >= 0.3 is 0 Å². The quantitative estimate of drug-likeness (QED) is 0.614. The Balaban J connectivity index is 0.00000210. The number of rotatable bonds is 7. The van der Waals surface area contributed by atoms with Crippen molar-refractivity contribution in [1.29, 1.82) is 0 Å². The minimum atomic E-state index is -0.696. The number of aliphatic hydroxyl groups is 1. The summed E-state index contributed by atoms with van der Waals surface area (Å²) in [6.07, 6.45) is 0.788. The van der Waals surface area contributed by atoms with Gasteiger partial charge in [0.2, 0.25) is 0 Å². The molecule has 1 saturated heterocycles. The number of aromatic hydroxyl groups is 1. The molecule has 1 unspecified atom stereocenters. The molecule has 0 spiro atoms. The largest absolute Gasteiger partial charge is 0.507 e. The number of amides is 1. The maximum absolute atomic E-state index is 11.3. The van der Waals surface area contributed by atoms with Crippen LogP contribution in [0.3, 0.4) is 0 Å². The van der Waals surface area contributed by atoms with Gasteiger partial charge in [0.05, 0.1) is 11.7 Å². The van der Waals surface area contributed by atoms with Gasteiger partial charge in [0.1, 0.15) is 5.75 Å². The molecule has 0 aliphatic carbocycles. The van der Waals surface area contributed by atoms with Crippen molar-refractivity contribution in [2.45, 2.75) is 18.9 Å². The summed E-state index contributed by atoms with van der Waals surface area (Å²) in [4.78, 5) is 16.1. The molecule has 1 amide bonds. The summed E-state index contributed by atoms with van der Waals surface area (Å²) in [5, 5.41) is 20.0. The molecule has 0 aromatic heterocycles. The molecule has 1 aliphatic heterocycles. The summed E-state index contributed by atoms with van der Waals surface area (Å²) < 4.78 is 0. The number of piperazine rings is 1. The number of nitrogens with zero attached hydrogens (tertiary/aromatic N) is 2. The van der Waals surface area contributed by atoms with Gasteiger partial charge in [-0.3, -0.25) is 9.69 Å². The number of halogens is 2. The normalized spacial score (nSPS) is 15.1. The van der Waals surface area contributed by atoms with Crippen LogP contribution in [0.1, 0.15) is 34.9 Å². The fourth-order valence-electron chi connectivity index (χ4n) is 3.50. The molecule has 1 aliphatic rings. The highest BCUT2D eigenvalue weighted by molar-refractivity contribution is 5.95. The lowest BCUT2D eigenvalue weighted by Gasteiger charge is -2.36. The fraction of sp³-hybridized carbons (Fsp3) is 0.381. The number of nitrogens with two attached hydrogens (primary N) is 1. The number of aliphatic hydroxyl groups excluding tert-OH is 1. The first-order valence-electron chi connectivity index (χ1n) is 9.37. The molecule has 1 atom stereocenters. The first kappa shape index (κ1) is 25.0. The van der Waals surface area contributed by atoms with Gasteiger partial charge in [0, 0.05) is 31.9 Å². The Morgan fingerprint density at radius 3 is 2.31 bits per heavy atom. The lowest BCUT2D eigenvalue weighted by Crippen LogP contribution is -2.46. The zero-order chi connectivity index (χ0) is 19.2. The van der Waals surface area contributed by atoms with Gasteiger partial charge in [0.15, 0.2) is 0 Å². The van der Waals surface area contributed by atoms with E-state index in [1.165, 1.54) is 17.8 Å². The number of benzene rings is 2. The monoisotopic (exact) mass is 441 g/mol. The van der Waals surface area contributed by atoms with Crippen molar-refractivity contribution >= 4 is 36.4 Å². The molecule has 0 bridgehead atoms. The Hall–Kier alpha value is -1.99. The molecule has 4 N–H and O–H groups in total. The van der Waals surface area contributed by atoms with Gasteiger partial charge < -0.3 is 20.8 Å². The lowest BCUT2D eigenvalue weighted by molar-refractivity contribution is 0.0997. The topological polar surface area (TPSA) is 90.0 Å². The molecular weight excluding hydrogens is 413 g/mol. The molecular formula is C21H29Cl2N3O3. The van der Waals surface area contributed by atoms with Crippen LogP contribution in [0, 0.1) is 0 Å². The van der Waals surface area contributed by atoms with E-state index in [9.17, 15) is 15.0 Å². The first-order chi connectivity index (χ1) is 13.0. The third kappa shape index (κ3) is 6.78. The van der Waals surface area contributed by atoms with Crippen LogP contribution >= 0.6 is 24.8 Å². The number of hydrogen-bond acceptors (Lipinski definition) is 5. The Morgan fingerprint density at radius 1 is 1.03 bits per heavy atom. The standard InChI is InChI=1S/C21H27N3O3.2ClH/c22-21(27)18-15-16(8-9-20(18)26)19(25)7-4-10-23-11-13-24(14-12-23)17-5-2-1-3-6-17;;/h1-3,5-6,8-9,15,19,25-26H,4,7,10-14H2,(H2,22,27);2*1H. The zero-order valence-corrected chi connectivity index (χ0v) is 17.9. The highest BCUT2D eigenvalue weighted by atomic mass is 35.5. The number of primary amides is 1. The van der Waals surface area contributed by atoms with E-state index in [1.54, 1.807) is 6.07 Å². The predicted octanol–water partition coefficient (Wildman–Crippen LogP) is 2.97. The number of hydrogen-bond donors (Lipinski definition) is 3. The second kappa shape index (κ2) is 11.9. The number of carbonyl (C=O) groups excluding carboxylic acids is 1. The van der Waals surface area contributed by atoms with Crippen LogP contribution in [0.25, 0.3) is 0 Å². The third-order valence-electron chi connectivity index (χ3n) is 5.12. The van der Waals surface area contributed by atoms with E-state index in [4.69, 9.17) is 5.73 Å². The summed E-state index contributed by atoms with van der Waals surface area (Å²) in [6, 6.07) is 15.0. The summed E-state index contributed by atoms with van der Waals surface area (Å²) in [7, 11) is 0. The van der Waals surface area contributed by atoms with Gasteiger partial charge in [-0.1, -0.05) is 24.3 Å². The molecule has 2 aromatic rings. The van der Waals surface area contributed by atoms with Crippen LogP contribution in [0.2, 0.25) is 0 Å². The molecule has 1 fully saturated rings. The average molecular weight is 442 g/mol. The highest BCUT2D eigenvalue weighted by Gasteiger charge is 2.18. The molecule has 3 rings (SSSR count). The minimum Gasteiger partial charge on any atom is -0.507 e. The molecule has 29 heavy (non-hydrogen) atoms. The zero-order valence-electron chi connectivity index (χ0n) is 16.2. The molecule has 0 radical (unpaired) electrons. The van der Waals surface area contributed by atoms with Crippen LogP contribution in [0.5, 0.6) is 5.75 Å². The van der Waals surface area contributed by atoms with Crippen LogP contribution in [-0.2, 0) is 0 Å². The van der Waals surface area contributed by atoms with Crippen molar-refractivity contribution < 1.29 is 15.0 Å². The first-order valence-corrected chi connectivity index (χ1v) is 9.37. The fourth-order valence-corrected chi connectivity index (χ4v) is 3.50. The summed E-state index contributed by atoms with van der Waals surface area (Å²) in [5.74, 6) is -0.854. The van der Waals surface area contributed by atoms with E-state index in [-0.39, 0.29) is 36.1 Å². The molecule has 160 valence electrons. The van der Waals surface area contributed by atoms with E-state index in [0.29, 0.717) is 12.0 Å². The van der Waals surface area contributed by atoms with Gasteiger partial charge in [0.25, 0.3) is 5.91 Å². The SMILES string of the molecule is Cl.Cl.NC(=O)c1cc(C(O)CCCN2CCN(c3ccccc3)CC2)ccc1O. The van der Waals surface area contributed by atoms with Gasteiger partial charge in [-0.15, -0.1) is 24.8 Å². The van der Waals surface area contributed by atoms with Crippen molar-refractivity contribution in [3.63, 3.8) is 0 Å². The molecule has 1 heterocycles. The lowest BCUT2D eigenvalue weighted by atomic mass is 10.0. The number of para-hydroxylation sites is 1. The van der Waals surface area contributed by atoms with Gasteiger partial charge in [-0.2, -0.15) is 0 Å². The van der Waals surface area contributed by atoms with E-state index < -0.39 is 12.0 Å². The van der Waals surface area contributed by atoms with Crippen molar-refractivity contribution in [2.75, 3.05) is 37.6 Å². The van der Waals surface area contributed by atoms with Crippen LogP contribution in [-0.4, -0.2) is 53.7 Å². The number of carbonyl (C=O) groups is 1. The van der Waals surface area contributed by atoms with E-state index >= 15 is 0 Å². The molecule has 6 nitrogen and oxygen atoms in total. The van der Waals surface area contributed by atoms with Crippen molar-refractivity contribution in [3.8, 4) is 5.75 Å². The van der Waals surface area contributed by atoms with Crippen LogP contribution in [0.4, 0.5) is 5.69 Å². The Kier molecular flexibility index (Phi) is 10.3. The van der Waals surface area contributed by atoms with Crippen LogP contribution in [0.15, 0.2) is 48.5 Å². The van der Waals surface area contributed by atoms with E-state index in [1.807, 2.05) is 6.07 Å². The number of phenols is 1. The third-order valence-corrected chi connectivity index (χ3v) is 5.12. The Bertz CT molecular complexity index is 769. The predicted molar refractivity (Wildman–Crippen MR) is 120 cm³/mol.